The highest BCUT2D eigenvalue weighted by Gasteiger charge is 2.38. The number of ether oxygens (including phenoxy) is 1. The third-order valence-electron chi connectivity index (χ3n) is 4.52. The maximum Gasteiger partial charge on any atom is 0.416 e. The molecule has 0 spiro atoms. The Morgan fingerprint density at radius 2 is 1.84 bits per heavy atom. The van der Waals surface area contributed by atoms with Gasteiger partial charge < -0.3 is 15.2 Å². The molecule has 1 aromatic carbocycles. The SMILES string of the molecule is COc1cc(C(F)(F)F)ccc1[C@@H](N1CCNCC1)C(C)(C)CO.Cl. The summed E-state index contributed by atoms with van der Waals surface area (Å²) in [5, 5.41) is 13.1. The van der Waals surface area contributed by atoms with E-state index in [1.807, 2.05) is 13.8 Å². The molecule has 4 nitrogen and oxygen atoms in total. The second kappa shape index (κ2) is 8.58. The molecular formula is C17H26ClF3N2O2. The van der Waals surface area contributed by atoms with E-state index in [0.717, 1.165) is 38.3 Å². The van der Waals surface area contributed by atoms with E-state index in [1.54, 1.807) is 0 Å². The molecule has 144 valence electrons. The molecule has 0 saturated carbocycles. The van der Waals surface area contributed by atoms with Gasteiger partial charge in [0, 0.05) is 49.8 Å². The number of methoxy groups -OCH3 is 1. The molecule has 0 aliphatic carbocycles. The molecule has 8 heteroatoms. The van der Waals surface area contributed by atoms with Crippen molar-refractivity contribution < 1.29 is 23.0 Å². The fourth-order valence-electron chi connectivity index (χ4n) is 3.25. The van der Waals surface area contributed by atoms with E-state index in [0.29, 0.717) is 5.56 Å². The van der Waals surface area contributed by atoms with Crippen molar-refractivity contribution in [2.75, 3.05) is 39.9 Å². The number of aliphatic hydroxyl groups is 1. The summed E-state index contributed by atoms with van der Waals surface area (Å²) in [5.41, 5.74) is -0.583. The molecule has 0 aromatic heterocycles. The van der Waals surface area contributed by atoms with Gasteiger partial charge in [-0.05, 0) is 12.1 Å². The van der Waals surface area contributed by atoms with Crippen molar-refractivity contribution in [3.05, 3.63) is 29.3 Å². The quantitative estimate of drug-likeness (QED) is 0.821. The van der Waals surface area contributed by atoms with Crippen LogP contribution in [0.4, 0.5) is 13.2 Å². The minimum Gasteiger partial charge on any atom is -0.496 e. The summed E-state index contributed by atoms with van der Waals surface area (Å²) in [6.07, 6.45) is -4.41. The zero-order valence-corrected chi connectivity index (χ0v) is 15.5. The van der Waals surface area contributed by atoms with Gasteiger partial charge in [-0.2, -0.15) is 13.2 Å². The van der Waals surface area contributed by atoms with Crippen molar-refractivity contribution in [3.63, 3.8) is 0 Å². The monoisotopic (exact) mass is 382 g/mol. The number of halogens is 4. The number of benzene rings is 1. The molecule has 2 rings (SSSR count). The van der Waals surface area contributed by atoms with Gasteiger partial charge in [0.15, 0.2) is 0 Å². The lowest BCUT2D eigenvalue weighted by molar-refractivity contribution is -0.137. The van der Waals surface area contributed by atoms with Crippen LogP contribution >= 0.6 is 12.4 Å². The Hall–Kier alpha value is -1.02. The van der Waals surface area contributed by atoms with Crippen LogP contribution in [0.5, 0.6) is 5.75 Å². The molecule has 0 unspecified atom stereocenters. The molecule has 1 atom stereocenters. The zero-order valence-electron chi connectivity index (χ0n) is 14.7. The molecule has 0 amide bonds. The first-order valence-corrected chi connectivity index (χ1v) is 8.01. The van der Waals surface area contributed by atoms with Crippen LogP contribution in [-0.4, -0.2) is 49.9 Å². The molecule has 0 radical (unpaired) electrons. The van der Waals surface area contributed by atoms with Gasteiger partial charge >= 0.3 is 6.18 Å². The molecule has 1 heterocycles. The fraction of sp³-hybridized carbons (Fsp3) is 0.647. The van der Waals surface area contributed by atoms with Gasteiger partial charge in [-0.15, -0.1) is 12.4 Å². The van der Waals surface area contributed by atoms with Crippen molar-refractivity contribution >= 4 is 12.4 Å². The summed E-state index contributed by atoms with van der Waals surface area (Å²) in [6, 6.07) is 3.37. The summed E-state index contributed by atoms with van der Waals surface area (Å²) >= 11 is 0. The number of rotatable bonds is 5. The first-order chi connectivity index (χ1) is 11.2. The van der Waals surface area contributed by atoms with Gasteiger partial charge in [0.2, 0.25) is 0 Å². The highest BCUT2D eigenvalue weighted by molar-refractivity contribution is 5.85. The van der Waals surface area contributed by atoms with E-state index in [9.17, 15) is 18.3 Å². The number of piperazine rings is 1. The first-order valence-electron chi connectivity index (χ1n) is 8.01. The number of nitrogens with one attached hydrogen (secondary N) is 1. The Balaban J connectivity index is 0.00000312. The highest BCUT2D eigenvalue weighted by atomic mass is 35.5. The molecule has 1 aliphatic heterocycles. The predicted molar refractivity (Wildman–Crippen MR) is 93.3 cm³/mol. The first kappa shape index (κ1) is 22.0. The second-order valence-corrected chi connectivity index (χ2v) is 6.79. The standard InChI is InChI=1S/C17H25F3N2O2.ClH/c1-16(2,11-23)15(22-8-6-21-7-9-22)13-5-4-12(17(18,19)20)10-14(13)24-3;/h4-5,10,15,21,23H,6-9,11H2,1-3H3;1H/t15-;/m1./s1. The highest BCUT2D eigenvalue weighted by Crippen LogP contribution is 2.43. The third-order valence-corrected chi connectivity index (χ3v) is 4.52. The van der Waals surface area contributed by atoms with Gasteiger partial charge in [-0.3, -0.25) is 4.90 Å². The van der Waals surface area contributed by atoms with Crippen LogP contribution in [-0.2, 0) is 6.18 Å². The van der Waals surface area contributed by atoms with Gasteiger partial charge in [0.05, 0.1) is 12.7 Å². The van der Waals surface area contributed by atoms with Gasteiger partial charge in [0.1, 0.15) is 5.75 Å². The van der Waals surface area contributed by atoms with Crippen LogP contribution in [0.1, 0.15) is 31.0 Å². The van der Waals surface area contributed by atoms with E-state index in [-0.39, 0.29) is 30.8 Å². The summed E-state index contributed by atoms with van der Waals surface area (Å²) < 4.78 is 44.2. The van der Waals surface area contributed by atoms with Crippen molar-refractivity contribution in [1.82, 2.24) is 10.2 Å². The lowest BCUT2D eigenvalue weighted by atomic mass is 9.79. The van der Waals surface area contributed by atoms with Gasteiger partial charge in [0.25, 0.3) is 0 Å². The summed E-state index contributed by atoms with van der Waals surface area (Å²) in [4.78, 5) is 2.19. The van der Waals surface area contributed by atoms with Crippen molar-refractivity contribution in [2.45, 2.75) is 26.1 Å². The minimum atomic E-state index is -4.41. The minimum absolute atomic E-state index is 0. The smallest absolute Gasteiger partial charge is 0.416 e. The van der Waals surface area contributed by atoms with E-state index >= 15 is 0 Å². The molecule has 1 fully saturated rings. The molecule has 0 bridgehead atoms. The lowest BCUT2D eigenvalue weighted by Crippen LogP contribution is -2.49. The Kier molecular flexibility index (Phi) is 7.55. The zero-order chi connectivity index (χ0) is 18.0. The van der Waals surface area contributed by atoms with E-state index < -0.39 is 17.2 Å². The van der Waals surface area contributed by atoms with E-state index in [1.165, 1.54) is 13.2 Å². The fourth-order valence-corrected chi connectivity index (χ4v) is 3.25. The Morgan fingerprint density at radius 1 is 1.24 bits per heavy atom. The van der Waals surface area contributed by atoms with Crippen LogP contribution in [0.25, 0.3) is 0 Å². The van der Waals surface area contributed by atoms with Gasteiger partial charge in [-0.1, -0.05) is 19.9 Å². The Labute approximate surface area is 152 Å². The number of alkyl halides is 3. The Morgan fingerprint density at radius 3 is 2.32 bits per heavy atom. The van der Waals surface area contributed by atoms with Crippen LogP contribution in [0.3, 0.4) is 0 Å². The van der Waals surface area contributed by atoms with Crippen molar-refractivity contribution in [3.8, 4) is 5.75 Å². The maximum atomic E-state index is 13.0. The summed E-state index contributed by atoms with van der Waals surface area (Å²) in [6.45, 7) is 6.89. The normalized spacial score (nSPS) is 17.7. The van der Waals surface area contributed by atoms with Crippen LogP contribution < -0.4 is 10.1 Å². The summed E-state index contributed by atoms with van der Waals surface area (Å²) in [7, 11) is 1.37. The second-order valence-electron chi connectivity index (χ2n) is 6.79. The van der Waals surface area contributed by atoms with Crippen molar-refractivity contribution in [2.24, 2.45) is 5.41 Å². The molecule has 25 heavy (non-hydrogen) atoms. The third kappa shape index (κ3) is 5.00. The van der Waals surface area contributed by atoms with E-state index in [2.05, 4.69) is 10.2 Å². The van der Waals surface area contributed by atoms with Gasteiger partial charge in [-0.25, -0.2) is 0 Å². The predicted octanol–water partition coefficient (Wildman–Crippen LogP) is 3.10. The maximum absolute atomic E-state index is 13.0. The number of hydrogen-bond donors (Lipinski definition) is 2. The molecule has 1 aromatic rings. The average Bonchev–Trinajstić information content (AvgIpc) is 2.55. The molecular weight excluding hydrogens is 357 g/mol. The van der Waals surface area contributed by atoms with Crippen LogP contribution in [0.15, 0.2) is 18.2 Å². The number of nitrogens with zero attached hydrogens (tertiary/aromatic N) is 1. The van der Waals surface area contributed by atoms with E-state index in [4.69, 9.17) is 4.74 Å². The van der Waals surface area contributed by atoms with Crippen LogP contribution in [0, 0.1) is 5.41 Å². The molecule has 1 aliphatic rings. The largest absolute Gasteiger partial charge is 0.496 e. The Bertz CT molecular complexity index is 561. The average molecular weight is 383 g/mol. The lowest BCUT2D eigenvalue weighted by Gasteiger charge is -2.44. The van der Waals surface area contributed by atoms with Crippen molar-refractivity contribution in [1.29, 1.82) is 0 Å². The summed E-state index contributed by atoms with van der Waals surface area (Å²) in [5.74, 6) is 0.204. The topological polar surface area (TPSA) is 44.7 Å². The molecule has 2 N–H and O–H groups in total. The number of hydrogen-bond acceptors (Lipinski definition) is 4. The number of aliphatic hydroxyl groups excluding tert-OH is 1. The van der Waals surface area contributed by atoms with Crippen LogP contribution in [0.2, 0.25) is 0 Å². The molecule has 1 saturated heterocycles.